The molecule has 0 amide bonds. The van der Waals surface area contributed by atoms with Crippen molar-refractivity contribution in [2.75, 3.05) is 11.9 Å². The molecule has 3 heterocycles. The first-order chi connectivity index (χ1) is 14.2. The van der Waals surface area contributed by atoms with Gasteiger partial charge in [0, 0.05) is 23.1 Å². The van der Waals surface area contributed by atoms with Gasteiger partial charge in [0.25, 0.3) is 0 Å². The van der Waals surface area contributed by atoms with E-state index in [1.807, 2.05) is 48.5 Å². The van der Waals surface area contributed by atoms with Crippen molar-refractivity contribution in [2.24, 2.45) is 0 Å². The van der Waals surface area contributed by atoms with Crippen LogP contribution in [0.4, 0.5) is 5.95 Å². The lowest BCUT2D eigenvalue weighted by atomic mass is 10.1. The highest BCUT2D eigenvalue weighted by Gasteiger charge is 2.19. The summed E-state index contributed by atoms with van der Waals surface area (Å²) in [5.74, 6) is 1.22. The van der Waals surface area contributed by atoms with Crippen molar-refractivity contribution in [1.29, 1.82) is 0 Å². The molecule has 0 radical (unpaired) electrons. The van der Waals surface area contributed by atoms with E-state index < -0.39 is 6.10 Å². The Kier molecular flexibility index (Phi) is 4.46. The van der Waals surface area contributed by atoms with Crippen molar-refractivity contribution in [2.45, 2.75) is 13.0 Å². The summed E-state index contributed by atoms with van der Waals surface area (Å²) in [4.78, 5) is 10.5. The number of anilines is 1. The number of aromatic nitrogens is 4. The van der Waals surface area contributed by atoms with Gasteiger partial charge in [0.1, 0.15) is 4.83 Å². The lowest BCUT2D eigenvalue weighted by Crippen LogP contribution is -2.18. The predicted octanol–water partition coefficient (Wildman–Crippen LogP) is 4.47. The normalized spacial score (nSPS) is 12.5. The van der Waals surface area contributed by atoms with E-state index in [1.54, 1.807) is 22.8 Å². The van der Waals surface area contributed by atoms with E-state index in [0.29, 0.717) is 18.3 Å². The van der Waals surface area contributed by atoms with Gasteiger partial charge in [-0.1, -0.05) is 60.7 Å². The Balaban J connectivity index is 1.77. The molecule has 0 unspecified atom stereocenters. The molecule has 7 heteroatoms. The smallest absolute Gasteiger partial charge is 0.227 e. The Morgan fingerprint density at radius 3 is 2.38 bits per heavy atom. The summed E-state index contributed by atoms with van der Waals surface area (Å²) < 4.78 is 1.74. The molecule has 6 nitrogen and oxygen atoms in total. The summed E-state index contributed by atoms with van der Waals surface area (Å²) in [7, 11) is 0. The summed E-state index contributed by atoms with van der Waals surface area (Å²) in [6.45, 7) is 2.11. The Hall–Kier alpha value is -3.29. The number of nitrogens with zero attached hydrogens (tertiary/aromatic N) is 4. The second-order valence-electron chi connectivity index (χ2n) is 6.90. The summed E-state index contributed by atoms with van der Waals surface area (Å²) in [5, 5.41) is 20.7. The van der Waals surface area contributed by atoms with Gasteiger partial charge in [-0.25, -0.2) is 9.97 Å². The lowest BCUT2D eigenvalue weighted by molar-refractivity contribution is 0.208. The molecule has 3 aromatic heterocycles. The predicted molar refractivity (Wildman–Crippen MR) is 117 cm³/mol. The van der Waals surface area contributed by atoms with Crippen LogP contribution in [0, 0.1) is 0 Å². The zero-order chi connectivity index (χ0) is 19.8. The van der Waals surface area contributed by atoms with Crippen LogP contribution >= 0.6 is 11.3 Å². The van der Waals surface area contributed by atoms with Gasteiger partial charge in [0.15, 0.2) is 11.5 Å². The third kappa shape index (κ3) is 3.24. The van der Waals surface area contributed by atoms with Crippen LogP contribution in [0.1, 0.15) is 6.92 Å². The molecule has 5 rings (SSSR count). The minimum Gasteiger partial charge on any atom is -0.392 e. The molecule has 144 valence electrons. The monoisotopic (exact) mass is 401 g/mol. The van der Waals surface area contributed by atoms with Gasteiger partial charge in [-0.3, -0.25) is 0 Å². The number of aliphatic hydroxyl groups is 1. The quantitative estimate of drug-likeness (QED) is 0.455. The topological polar surface area (TPSA) is 75.3 Å². The van der Waals surface area contributed by atoms with Gasteiger partial charge in [0.2, 0.25) is 5.95 Å². The molecule has 0 aliphatic heterocycles. The highest BCUT2D eigenvalue weighted by molar-refractivity contribution is 7.17. The maximum absolute atomic E-state index is 9.70. The van der Waals surface area contributed by atoms with Crippen LogP contribution in [0.5, 0.6) is 0 Å². The number of hydrogen-bond donors (Lipinski definition) is 2. The zero-order valence-electron chi connectivity index (χ0n) is 15.8. The second kappa shape index (κ2) is 7.27. The van der Waals surface area contributed by atoms with Crippen LogP contribution in [0.15, 0.2) is 66.0 Å². The van der Waals surface area contributed by atoms with E-state index in [4.69, 9.17) is 15.1 Å². The van der Waals surface area contributed by atoms with E-state index in [9.17, 15) is 5.11 Å². The van der Waals surface area contributed by atoms with Gasteiger partial charge in [-0.2, -0.15) is 4.52 Å². The van der Waals surface area contributed by atoms with Crippen LogP contribution < -0.4 is 5.32 Å². The summed E-state index contributed by atoms with van der Waals surface area (Å²) in [5.41, 5.74) is 3.91. The van der Waals surface area contributed by atoms with Crippen LogP contribution in [-0.2, 0) is 0 Å². The molecule has 0 fully saturated rings. The SMILES string of the molecule is C[C@@H](O)CNc1nc2scc(-c3ccccc3)c2c2nc(-c3ccccc3)nn12. The summed E-state index contributed by atoms with van der Waals surface area (Å²) in [6, 6.07) is 20.2. The maximum Gasteiger partial charge on any atom is 0.227 e. The minimum absolute atomic E-state index is 0.380. The van der Waals surface area contributed by atoms with Crippen molar-refractivity contribution in [3.63, 3.8) is 0 Å². The summed E-state index contributed by atoms with van der Waals surface area (Å²) >= 11 is 1.58. The van der Waals surface area contributed by atoms with E-state index in [1.165, 1.54) is 0 Å². The summed E-state index contributed by atoms with van der Waals surface area (Å²) in [6.07, 6.45) is -0.497. The molecule has 29 heavy (non-hydrogen) atoms. The molecule has 0 bridgehead atoms. The number of thiophene rings is 1. The Morgan fingerprint density at radius 1 is 1.00 bits per heavy atom. The van der Waals surface area contributed by atoms with E-state index in [-0.39, 0.29) is 0 Å². The van der Waals surface area contributed by atoms with Gasteiger partial charge in [0.05, 0.1) is 11.5 Å². The number of nitrogens with one attached hydrogen (secondary N) is 1. The third-order valence-corrected chi connectivity index (χ3v) is 5.56. The zero-order valence-corrected chi connectivity index (χ0v) is 16.6. The van der Waals surface area contributed by atoms with Gasteiger partial charge < -0.3 is 10.4 Å². The molecular formula is C22H19N5OS. The van der Waals surface area contributed by atoms with Crippen LogP contribution in [0.25, 0.3) is 38.4 Å². The number of rotatable bonds is 5. The highest BCUT2D eigenvalue weighted by Crippen LogP contribution is 2.36. The minimum atomic E-state index is -0.497. The van der Waals surface area contributed by atoms with Crippen LogP contribution in [-0.4, -0.2) is 37.3 Å². The van der Waals surface area contributed by atoms with Crippen LogP contribution in [0.3, 0.4) is 0 Å². The molecule has 0 saturated heterocycles. The first-order valence-corrected chi connectivity index (χ1v) is 10.3. The Bertz CT molecular complexity index is 1280. The molecular weight excluding hydrogens is 382 g/mol. The van der Waals surface area contributed by atoms with E-state index in [0.717, 1.165) is 32.6 Å². The lowest BCUT2D eigenvalue weighted by Gasteiger charge is -2.09. The van der Waals surface area contributed by atoms with E-state index in [2.05, 4.69) is 22.8 Å². The van der Waals surface area contributed by atoms with Gasteiger partial charge in [-0.05, 0) is 12.5 Å². The number of benzene rings is 2. The van der Waals surface area contributed by atoms with Gasteiger partial charge in [-0.15, -0.1) is 16.4 Å². The average molecular weight is 401 g/mol. The molecule has 2 aromatic carbocycles. The fraction of sp³-hybridized carbons (Fsp3) is 0.136. The molecule has 0 aliphatic carbocycles. The Morgan fingerprint density at radius 2 is 1.69 bits per heavy atom. The molecule has 0 aliphatic rings. The molecule has 5 aromatic rings. The van der Waals surface area contributed by atoms with Crippen LogP contribution in [0.2, 0.25) is 0 Å². The average Bonchev–Trinajstić information content (AvgIpc) is 3.37. The first kappa shape index (κ1) is 17.8. The fourth-order valence-electron chi connectivity index (χ4n) is 3.30. The Labute approximate surface area is 171 Å². The van der Waals surface area contributed by atoms with Gasteiger partial charge >= 0.3 is 0 Å². The first-order valence-electron chi connectivity index (χ1n) is 9.41. The van der Waals surface area contributed by atoms with Crippen molar-refractivity contribution in [3.05, 3.63) is 66.0 Å². The van der Waals surface area contributed by atoms with Crippen molar-refractivity contribution >= 4 is 33.1 Å². The maximum atomic E-state index is 9.70. The van der Waals surface area contributed by atoms with E-state index >= 15 is 0 Å². The van der Waals surface area contributed by atoms with Crippen molar-refractivity contribution in [1.82, 2.24) is 19.6 Å². The number of hydrogen-bond acceptors (Lipinski definition) is 6. The largest absolute Gasteiger partial charge is 0.392 e. The number of fused-ring (bicyclic) bond motifs is 3. The standard InChI is InChI=1S/C22H19N5OS/c1-14(28)12-23-22-25-21-18(17(13-29-21)15-8-4-2-5-9-15)20-24-19(26-27(20)22)16-10-6-3-7-11-16/h2-11,13-14,28H,12H2,1H3,(H,23,25)/t14-/m1/s1. The molecule has 0 spiro atoms. The molecule has 2 N–H and O–H groups in total. The number of aliphatic hydroxyl groups excluding tert-OH is 1. The molecule has 1 atom stereocenters. The van der Waals surface area contributed by atoms with Crippen molar-refractivity contribution in [3.8, 4) is 22.5 Å². The third-order valence-electron chi connectivity index (χ3n) is 4.68. The highest BCUT2D eigenvalue weighted by atomic mass is 32.1. The molecule has 0 saturated carbocycles. The second-order valence-corrected chi connectivity index (χ2v) is 7.76. The van der Waals surface area contributed by atoms with Crippen molar-refractivity contribution < 1.29 is 5.11 Å². The fourth-order valence-corrected chi connectivity index (χ4v) is 4.25.